The molecule has 0 fully saturated rings. The number of carbonyl (C=O) groups is 2. The first kappa shape index (κ1) is 18.3. The lowest BCUT2D eigenvalue weighted by Gasteiger charge is -2.27. The predicted octanol–water partition coefficient (Wildman–Crippen LogP) is 2.49. The van der Waals surface area contributed by atoms with E-state index >= 15 is 0 Å². The van der Waals surface area contributed by atoms with E-state index in [9.17, 15) is 9.59 Å². The zero-order valence-corrected chi connectivity index (χ0v) is 13.4. The third-order valence-corrected chi connectivity index (χ3v) is 2.30. The SMILES string of the molecule is C#CC(C)(C)OC(=O)[C@@H](NC(=O)OC(C)(C)C)C(C)C. The van der Waals surface area contributed by atoms with Crippen LogP contribution in [-0.2, 0) is 14.3 Å². The Kier molecular flexibility index (Phi) is 6.08. The highest BCUT2D eigenvalue weighted by atomic mass is 16.6. The Morgan fingerprint density at radius 1 is 1.10 bits per heavy atom. The van der Waals surface area contributed by atoms with Crippen molar-refractivity contribution in [3.05, 3.63) is 0 Å². The van der Waals surface area contributed by atoms with Crippen LogP contribution in [0.4, 0.5) is 4.79 Å². The van der Waals surface area contributed by atoms with Gasteiger partial charge in [0, 0.05) is 0 Å². The number of hydrogen-bond acceptors (Lipinski definition) is 4. The van der Waals surface area contributed by atoms with Crippen LogP contribution in [0.1, 0.15) is 48.5 Å². The smallest absolute Gasteiger partial charge is 0.408 e. The molecular weight excluding hydrogens is 258 g/mol. The standard InChI is InChI=1S/C15H25NO4/c1-9-15(7,8)19-12(17)11(10(2)3)16-13(18)20-14(4,5)6/h1,10-11H,2-8H3,(H,16,18)/t11-/m0/s1. The topological polar surface area (TPSA) is 64.6 Å². The van der Waals surface area contributed by atoms with Gasteiger partial charge in [0.25, 0.3) is 0 Å². The molecule has 0 bridgehead atoms. The van der Waals surface area contributed by atoms with Gasteiger partial charge < -0.3 is 14.8 Å². The van der Waals surface area contributed by atoms with Gasteiger partial charge in [0.15, 0.2) is 5.60 Å². The van der Waals surface area contributed by atoms with E-state index in [0.29, 0.717) is 0 Å². The number of terminal acetylenes is 1. The minimum absolute atomic E-state index is 0.149. The van der Waals surface area contributed by atoms with Gasteiger partial charge in [-0.1, -0.05) is 19.8 Å². The Morgan fingerprint density at radius 3 is 1.95 bits per heavy atom. The molecule has 0 unspecified atom stereocenters. The van der Waals surface area contributed by atoms with Gasteiger partial charge in [0.2, 0.25) is 0 Å². The van der Waals surface area contributed by atoms with Gasteiger partial charge in [0.05, 0.1) is 0 Å². The second-order valence-corrected chi connectivity index (χ2v) is 6.44. The molecule has 0 aromatic rings. The molecule has 1 atom stereocenters. The molecule has 1 N–H and O–H groups in total. The lowest BCUT2D eigenvalue weighted by atomic mass is 10.0. The summed E-state index contributed by atoms with van der Waals surface area (Å²) in [6, 6.07) is -0.808. The van der Waals surface area contributed by atoms with Crippen LogP contribution in [0.15, 0.2) is 0 Å². The Bertz CT molecular complexity index is 399. The van der Waals surface area contributed by atoms with Crippen LogP contribution < -0.4 is 5.32 Å². The molecule has 0 spiro atoms. The summed E-state index contributed by atoms with van der Waals surface area (Å²) in [5, 5.41) is 2.52. The van der Waals surface area contributed by atoms with Crippen LogP contribution in [-0.4, -0.2) is 29.3 Å². The number of carbonyl (C=O) groups excluding carboxylic acids is 2. The molecule has 0 aromatic carbocycles. The van der Waals surface area contributed by atoms with Crippen LogP contribution in [0.5, 0.6) is 0 Å². The van der Waals surface area contributed by atoms with Gasteiger partial charge >= 0.3 is 12.1 Å². The summed E-state index contributed by atoms with van der Waals surface area (Å²) in [7, 11) is 0. The number of alkyl carbamates (subject to hydrolysis) is 1. The van der Waals surface area contributed by atoms with Crippen LogP contribution in [0.2, 0.25) is 0 Å². The lowest BCUT2D eigenvalue weighted by Crippen LogP contribution is -2.48. The first-order valence-electron chi connectivity index (χ1n) is 6.58. The Balaban J connectivity index is 4.79. The maximum absolute atomic E-state index is 12.1. The fourth-order valence-electron chi connectivity index (χ4n) is 1.28. The summed E-state index contributed by atoms with van der Waals surface area (Å²) in [6.07, 6.45) is 4.62. The maximum atomic E-state index is 12.1. The molecule has 0 aliphatic rings. The largest absolute Gasteiger partial charge is 0.445 e. The second kappa shape index (κ2) is 6.65. The highest BCUT2D eigenvalue weighted by Gasteiger charge is 2.31. The highest BCUT2D eigenvalue weighted by Crippen LogP contribution is 2.13. The molecule has 0 radical (unpaired) electrons. The predicted molar refractivity (Wildman–Crippen MR) is 77.0 cm³/mol. The average molecular weight is 283 g/mol. The molecule has 20 heavy (non-hydrogen) atoms. The number of ether oxygens (including phenoxy) is 2. The van der Waals surface area contributed by atoms with Crippen molar-refractivity contribution in [3.63, 3.8) is 0 Å². The van der Waals surface area contributed by atoms with Gasteiger partial charge in [-0.25, -0.2) is 9.59 Å². The highest BCUT2D eigenvalue weighted by molar-refractivity contribution is 5.82. The zero-order chi connectivity index (χ0) is 16.1. The minimum atomic E-state index is -1.01. The van der Waals surface area contributed by atoms with E-state index in [1.54, 1.807) is 48.5 Å². The second-order valence-electron chi connectivity index (χ2n) is 6.44. The molecule has 114 valence electrons. The quantitative estimate of drug-likeness (QED) is 0.636. The number of nitrogens with one attached hydrogen (secondary N) is 1. The van der Waals surface area contributed by atoms with Crippen molar-refractivity contribution in [2.24, 2.45) is 5.92 Å². The van der Waals surface area contributed by atoms with Crippen LogP contribution >= 0.6 is 0 Å². The van der Waals surface area contributed by atoms with E-state index in [1.165, 1.54) is 0 Å². The number of amides is 1. The van der Waals surface area contributed by atoms with Gasteiger partial charge in [-0.05, 0) is 40.5 Å². The third kappa shape index (κ3) is 7.03. The Morgan fingerprint density at radius 2 is 1.60 bits per heavy atom. The average Bonchev–Trinajstić information content (AvgIpc) is 2.22. The van der Waals surface area contributed by atoms with Crippen LogP contribution in [0.3, 0.4) is 0 Å². The molecule has 5 heteroatoms. The van der Waals surface area contributed by atoms with Crippen molar-refractivity contribution in [2.75, 3.05) is 0 Å². The van der Waals surface area contributed by atoms with Crippen LogP contribution in [0, 0.1) is 18.3 Å². The first-order chi connectivity index (χ1) is 8.88. The Hall–Kier alpha value is -1.70. The van der Waals surface area contributed by atoms with E-state index in [-0.39, 0.29) is 5.92 Å². The summed E-state index contributed by atoms with van der Waals surface area (Å²) in [5.41, 5.74) is -1.65. The minimum Gasteiger partial charge on any atom is -0.445 e. The first-order valence-corrected chi connectivity index (χ1v) is 6.58. The van der Waals surface area contributed by atoms with E-state index in [1.807, 2.05) is 0 Å². The maximum Gasteiger partial charge on any atom is 0.408 e. The van der Waals surface area contributed by atoms with Gasteiger partial charge in [0.1, 0.15) is 11.6 Å². The molecule has 0 aliphatic carbocycles. The summed E-state index contributed by atoms with van der Waals surface area (Å²) < 4.78 is 10.3. The molecular formula is C15H25NO4. The molecule has 0 aliphatic heterocycles. The third-order valence-electron chi connectivity index (χ3n) is 2.30. The summed E-state index contributed by atoms with van der Waals surface area (Å²) in [6.45, 7) is 12.0. The molecule has 5 nitrogen and oxygen atoms in total. The van der Waals surface area contributed by atoms with E-state index in [4.69, 9.17) is 15.9 Å². The van der Waals surface area contributed by atoms with Crippen molar-refractivity contribution >= 4 is 12.1 Å². The number of hydrogen-bond donors (Lipinski definition) is 1. The fourth-order valence-corrected chi connectivity index (χ4v) is 1.28. The van der Waals surface area contributed by atoms with Crippen molar-refractivity contribution in [2.45, 2.75) is 65.7 Å². The summed E-state index contributed by atoms with van der Waals surface area (Å²) in [5.74, 6) is 1.65. The fraction of sp³-hybridized carbons (Fsp3) is 0.733. The zero-order valence-electron chi connectivity index (χ0n) is 13.4. The Labute approximate surface area is 121 Å². The molecule has 0 aromatic heterocycles. The van der Waals surface area contributed by atoms with Crippen molar-refractivity contribution in [1.82, 2.24) is 5.32 Å². The van der Waals surface area contributed by atoms with Gasteiger partial charge in [-0.3, -0.25) is 0 Å². The van der Waals surface area contributed by atoms with Crippen molar-refractivity contribution in [1.29, 1.82) is 0 Å². The summed E-state index contributed by atoms with van der Waals surface area (Å²) >= 11 is 0. The lowest BCUT2D eigenvalue weighted by molar-refractivity contribution is -0.155. The van der Waals surface area contributed by atoms with E-state index in [2.05, 4.69) is 11.2 Å². The van der Waals surface area contributed by atoms with Gasteiger partial charge in [-0.15, -0.1) is 6.42 Å². The number of rotatable bonds is 4. The van der Waals surface area contributed by atoms with Gasteiger partial charge in [-0.2, -0.15) is 0 Å². The van der Waals surface area contributed by atoms with E-state index < -0.39 is 29.3 Å². The molecule has 0 saturated heterocycles. The van der Waals surface area contributed by atoms with Crippen LogP contribution in [0.25, 0.3) is 0 Å². The van der Waals surface area contributed by atoms with Crippen molar-refractivity contribution in [3.8, 4) is 12.3 Å². The molecule has 0 heterocycles. The monoisotopic (exact) mass is 283 g/mol. The van der Waals surface area contributed by atoms with E-state index in [0.717, 1.165) is 0 Å². The normalized spacial score (nSPS) is 13.3. The molecule has 0 rings (SSSR count). The summed E-state index contributed by atoms with van der Waals surface area (Å²) in [4.78, 5) is 23.8. The van der Waals surface area contributed by atoms with Crippen molar-refractivity contribution < 1.29 is 19.1 Å². The molecule has 0 saturated carbocycles. The molecule has 1 amide bonds. The number of esters is 1.